The standard InChI is InChI=1S/C52H35NO/c1-4-15-36(16-5-1)37-27-29-42(30-28-37)53(50-26-13-12-23-44(50)38-17-6-2-7-18-38)43-31-32-51-49(35-43)48-34-41-22-11-10-21-40(41)33-47(48)46-25-14-24-45(52(46)54-51)39-19-8-3-9-20-39/h1-35H. The Morgan fingerprint density at radius 1 is 0.296 bits per heavy atom. The van der Waals surface area contributed by atoms with Crippen molar-refractivity contribution in [2.45, 2.75) is 0 Å². The Balaban J connectivity index is 1.20. The van der Waals surface area contributed by atoms with Crippen LogP contribution in [-0.2, 0) is 0 Å². The van der Waals surface area contributed by atoms with Gasteiger partial charge in [-0.15, -0.1) is 0 Å². The van der Waals surface area contributed by atoms with E-state index in [1.54, 1.807) is 0 Å². The minimum absolute atomic E-state index is 0.827. The van der Waals surface area contributed by atoms with Gasteiger partial charge in [0.2, 0.25) is 0 Å². The summed E-state index contributed by atoms with van der Waals surface area (Å²) >= 11 is 0. The predicted octanol–water partition coefficient (Wildman–Crippen LogP) is 14.8. The monoisotopic (exact) mass is 689 g/mol. The van der Waals surface area contributed by atoms with Gasteiger partial charge in [-0.25, -0.2) is 0 Å². The molecular weight excluding hydrogens is 655 g/mol. The maximum Gasteiger partial charge on any atom is 0.143 e. The summed E-state index contributed by atoms with van der Waals surface area (Å²) in [4.78, 5) is 2.38. The third-order valence-electron chi connectivity index (χ3n) is 10.5. The summed E-state index contributed by atoms with van der Waals surface area (Å²) < 4.78 is 7.08. The molecule has 0 bridgehead atoms. The molecule has 2 nitrogen and oxygen atoms in total. The van der Waals surface area contributed by atoms with E-state index in [4.69, 9.17) is 4.74 Å². The SMILES string of the molecule is c1ccc(-c2ccc(N(c3ccc4c(c3)-c3cc5ccccc5cc3-c3cccc(-c5ccccc5)c3O4)c3ccccc3-c3ccccc3)cc2)cc1. The molecule has 0 N–H and O–H groups in total. The number of ether oxygens (including phenoxy) is 1. The van der Waals surface area contributed by atoms with Gasteiger partial charge in [0, 0.05) is 33.6 Å². The van der Waals surface area contributed by atoms with Crippen LogP contribution in [0.25, 0.3) is 66.4 Å². The molecule has 1 heterocycles. The van der Waals surface area contributed by atoms with E-state index in [0.29, 0.717) is 0 Å². The minimum Gasteiger partial charge on any atom is -0.455 e. The highest BCUT2D eigenvalue weighted by molar-refractivity contribution is 6.02. The Morgan fingerprint density at radius 3 is 1.48 bits per heavy atom. The van der Waals surface area contributed by atoms with Crippen molar-refractivity contribution in [3.8, 4) is 67.1 Å². The maximum absolute atomic E-state index is 7.08. The van der Waals surface area contributed by atoms with Crippen LogP contribution in [-0.4, -0.2) is 0 Å². The molecule has 0 aromatic heterocycles. The summed E-state index contributed by atoms with van der Waals surface area (Å²) in [6.07, 6.45) is 0. The molecule has 1 aliphatic rings. The molecule has 0 fully saturated rings. The lowest BCUT2D eigenvalue weighted by molar-refractivity contribution is 0.489. The van der Waals surface area contributed by atoms with Gasteiger partial charge in [0.1, 0.15) is 11.5 Å². The molecule has 0 saturated carbocycles. The fourth-order valence-corrected chi connectivity index (χ4v) is 7.85. The van der Waals surface area contributed by atoms with Crippen LogP contribution in [0, 0.1) is 0 Å². The third-order valence-corrected chi connectivity index (χ3v) is 10.5. The zero-order valence-electron chi connectivity index (χ0n) is 29.6. The predicted molar refractivity (Wildman–Crippen MR) is 226 cm³/mol. The Morgan fingerprint density at radius 2 is 0.796 bits per heavy atom. The fourth-order valence-electron chi connectivity index (χ4n) is 7.85. The first-order valence-corrected chi connectivity index (χ1v) is 18.4. The van der Waals surface area contributed by atoms with E-state index in [1.165, 1.54) is 21.9 Å². The van der Waals surface area contributed by atoms with E-state index in [9.17, 15) is 0 Å². The Labute approximate surface area is 315 Å². The molecule has 1 aliphatic heterocycles. The smallest absolute Gasteiger partial charge is 0.143 e. The van der Waals surface area contributed by atoms with Gasteiger partial charge in [0.15, 0.2) is 0 Å². The number of fused-ring (bicyclic) bond motifs is 6. The van der Waals surface area contributed by atoms with Gasteiger partial charge in [-0.1, -0.05) is 164 Å². The number of nitrogens with zero attached hydrogens (tertiary/aromatic N) is 1. The number of para-hydroxylation sites is 2. The summed E-state index contributed by atoms with van der Waals surface area (Å²) in [7, 11) is 0. The second kappa shape index (κ2) is 13.4. The van der Waals surface area contributed by atoms with E-state index in [0.717, 1.165) is 73.1 Å². The van der Waals surface area contributed by atoms with Crippen molar-refractivity contribution in [3.05, 3.63) is 212 Å². The lowest BCUT2D eigenvalue weighted by Crippen LogP contribution is -2.11. The molecular formula is C52H35NO. The van der Waals surface area contributed by atoms with Crippen molar-refractivity contribution >= 4 is 27.8 Å². The second-order valence-electron chi connectivity index (χ2n) is 13.7. The van der Waals surface area contributed by atoms with Crippen LogP contribution < -0.4 is 9.64 Å². The highest BCUT2D eigenvalue weighted by Gasteiger charge is 2.26. The number of anilines is 3. The van der Waals surface area contributed by atoms with Crippen LogP contribution in [0.3, 0.4) is 0 Å². The first kappa shape index (κ1) is 31.6. The largest absolute Gasteiger partial charge is 0.455 e. The Kier molecular flexibility index (Phi) is 7.85. The molecule has 0 radical (unpaired) electrons. The topological polar surface area (TPSA) is 12.5 Å². The van der Waals surface area contributed by atoms with E-state index in [-0.39, 0.29) is 0 Å². The molecule has 0 aliphatic carbocycles. The molecule has 2 heteroatoms. The van der Waals surface area contributed by atoms with Crippen LogP contribution in [0.15, 0.2) is 212 Å². The third kappa shape index (κ3) is 5.62. The van der Waals surface area contributed by atoms with Gasteiger partial charge >= 0.3 is 0 Å². The van der Waals surface area contributed by atoms with Crippen LogP contribution in [0.4, 0.5) is 17.1 Å². The van der Waals surface area contributed by atoms with Crippen molar-refractivity contribution in [1.29, 1.82) is 0 Å². The van der Waals surface area contributed by atoms with E-state index >= 15 is 0 Å². The van der Waals surface area contributed by atoms with Crippen LogP contribution in [0.1, 0.15) is 0 Å². The molecule has 9 aromatic rings. The first-order chi connectivity index (χ1) is 26.8. The first-order valence-electron chi connectivity index (χ1n) is 18.4. The van der Waals surface area contributed by atoms with E-state index < -0.39 is 0 Å². The molecule has 254 valence electrons. The summed E-state index contributed by atoms with van der Waals surface area (Å²) in [6.45, 7) is 0. The average molecular weight is 690 g/mol. The van der Waals surface area contributed by atoms with Crippen molar-refractivity contribution in [2.75, 3.05) is 4.90 Å². The Bertz CT molecular complexity index is 2770. The van der Waals surface area contributed by atoms with Gasteiger partial charge in [-0.2, -0.15) is 0 Å². The maximum atomic E-state index is 7.08. The quantitative estimate of drug-likeness (QED) is 0.172. The number of benzene rings is 9. The lowest BCUT2D eigenvalue weighted by atomic mass is 9.90. The normalized spacial score (nSPS) is 11.5. The van der Waals surface area contributed by atoms with Crippen molar-refractivity contribution in [3.63, 3.8) is 0 Å². The highest BCUT2D eigenvalue weighted by Crippen LogP contribution is 2.53. The summed E-state index contributed by atoms with van der Waals surface area (Å²) in [5.41, 5.74) is 14.5. The van der Waals surface area contributed by atoms with Crippen molar-refractivity contribution < 1.29 is 4.74 Å². The van der Waals surface area contributed by atoms with Gasteiger partial charge < -0.3 is 9.64 Å². The van der Waals surface area contributed by atoms with Crippen LogP contribution in [0.2, 0.25) is 0 Å². The van der Waals surface area contributed by atoms with Crippen LogP contribution >= 0.6 is 0 Å². The summed E-state index contributed by atoms with van der Waals surface area (Å²) in [5, 5.41) is 2.39. The van der Waals surface area contributed by atoms with Crippen LogP contribution in [0.5, 0.6) is 11.5 Å². The lowest BCUT2D eigenvalue weighted by Gasteiger charge is -2.29. The zero-order valence-corrected chi connectivity index (χ0v) is 29.6. The molecule has 0 unspecified atom stereocenters. The van der Waals surface area contributed by atoms with E-state index in [2.05, 4.69) is 217 Å². The molecule has 0 amide bonds. The molecule has 54 heavy (non-hydrogen) atoms. The minimum atomic E-state index is 0.827. The Hall–Kier alpha value is -7.16. The van der Waals surface area contributed by atoms with Crippen molar-refractivity contribution in [1.82, 2.24) is 0 Å². The van der Waals surface area contributed by atoms with E-state index in [1.807, 2.05) is 0 Å². The second-order valence-corrected chi connectivity index (χ2v) is 13.7. The molecule has 10 rings (SSSR count). The number of hydrogen-bond acceptors (Lipinski definition) is 2. The van der Waals surface area contributed by atoms with Gasteiger partial charge in [-0.3, -0.25) is 0 Å². The molecule has 0 saturated heterocycles. The molecule has 9 aromatic carbocycles. The highest BCUT2D eigenvalue weighted by atomic mass is 16.5. The fraction of sp³-hybridized carbons (Fsp3) is 0. The van der Waals surface area contributed by atoms with Gasteiger partial charge in [0.25, 0.3) is 0 Å². The van der Waals surface area contributed by atoms with Gasteiger partial charge in [0.05, 0.1) is 5.69 Å². The summed E-state index contributed by atoms with van der Waals surface area (Å²) in [6, 6.07) is 75.8. The van der Waals surface area contributed by atoms with Crippen molar-refractivity contribution in [2.24, 2.45) is 0 Å². The number of hydrogen-bond donors (Lipinski definition) is 0. The number of rotatable bonds is 6. The summed E-state index contributed by atoms with van der Waals surface area (Å²) in [5.74, 6) is 1.70. The average Bonchev–Trinajstić information content (AvgIpc) is 3.38. The molecule has 0 atom stereocenters. The van der Waals surface area contributed by atoms with Gasteiger partial charge in [-0.05, 0) is 92.7 Å². The zero-order chi connectivity index (χ0) is 35.8. The molecule has 0 spiro atoms.